The molecule has 0 atom stereocenters. The highest BCUT2D eigenvalue weighted by Crippen LogP contribution is 2.29. The Morgan fingerprint density at radius 1 is 1.00 bits per heavy atom. The number of nitrogens with zero attached hydrogens (tertiary/aromatic N) is 1. The quantitative estimate of drug-likeness (QED) is 0.317. The molecule has 1 N–H and O–H groups in total. The molecule has 8 heteroatoms. The topological polar surface area (TPSA) is 66.5 Å². The van der Waals surface area contributed by atoms with Gasteiger partial charge in [-0.1, -0.05) is 54.1 Å². The minimum Gasteiger partial charge on any atom is -0.354 e. The summed E-state index contributed by atoms with van der Waals surface area (Å²) in [5.74, 6) is 0.484. The van der Waals surface area contributed by atoms with Crippen LogP contribution in [0.2, 0.25) is 5.02 Å². The molecule has 0 aliphatic rings. The maximum atomic E-state index is 13.4. The van der Waals surface area contributed by atoms with Gasteiger partial charge in [-0.05, 0) is 61.1 Å². The van der Waals surface area contributed by atoms with Crippen molar-refractivity contribution in [3.8, 4) is 0 Å². The van der Waals surface area contributed by atoms with Gasteiger partial charge in [-0.2, -0.15) is 0 Å². The van der Waals surface area contributed by atoms with Crippen molar-refractivity contribution in [2.24, 2.45) is 0 Å². The van der Waals surface area contributed by atoms with Gasteiger partial charge >= 0.3 is 0 Å². The van der Waals surface area contributed by atoms with E-state index in [0.717, 1.165) is 16.5 Å². The fraction of sp³-hybridized carbons (Fsp3) is 0.208. The summed E-state index contributed by atoms with van der Waals surface area (Å²) in [5, 5.41) is 3.24. The lowest BCUT2D eigenvalue weighted by molar-refractivity contribution is -0.119. The lowest BCUT2D eigenvalue weighted by Gasteiger charge is -2.25. The van der Waals surface area contributed by atoms with Gasteiger partial charge < -0.3 is 5.32 Å². The minimum absolute atomic E-state index is 0.117. The Morgan fingerprint density at radius 2 is 1.66 bits per heavy atom. The molecule has 3 rings (SSSR count). The molecular formula is C24H25ClN2O3S2. The third-order valence-electron chi connectivity index (χ3n) is 4.71. The minimum atomic E-state index is -3.95. The summed E-state index contributed by atoms with van der Waals surface area (Å²) in [6.45, 7) is 1.93. The SMILES string of the molecule is Cc1ccc(Cl)cc1N(CC(=O)NCCCSc1ccccc1)S(=O)(=O)c1ccccc1. The van der Waals surface area contributed by atoms with Crippen molar-refractivity contribution in [3.05, 3.63) is 89.4 Å². The van der Waals surface area contributed by atoms with E-state index in [1.54, 1.807) is 55.1 Å². The number of hydrogen-bond acceptors (Lipinski definition) is 4. The van der Waals surface area contributed by atoms with Crippen LogP contribution >= 0.6 is 23.4 Å². The second-order valence-corrected chi connectivity index (χ2v) is 10.6. The van der Waals surface area contributed by atoms with E-state index in [1.165, 1.54) is 17.0 Å². The van der Waals surface area contributed by atoms with Crippen molar-refractivity contribution in [1.29, 1.82) is 0 Å². The lowest BCUT2D eigenvalue weighted by atomic mass is 10.2. The standard InChI is InChI=1S/C24H25ClN2O3S2/c1-19-13-14-20(25)17-23(19)27(32(29,30)22-11-6-3-7-12-22)18-24(28)26-15-8-16-31-21-9-4-2-5-10-21/h2-7,9-14,17H,8,15-16,18H2,1H3,(H,26,28). The van der Waals surface area contributed by atoms with E-state index in [1.807, 2.05) is 30.3 Å². The smallest absolute Gasteiger partial charge is 0.264 e. The van der Waals surface area contributed by atoms with Crippen molar-refractivity contribution in [3.63, 3.8) is 0 Å². The molecule has 32 heavy (non-hydrogen) atoms. The van der Waals surface area contributed by atoms with Gasteiger partial charge in [-0.25, -0.2) is 8.42 Å². The van der Waals surface area contributed by atoms with Gasteiger partial charge in [0.05, 0.1) is 10.6 Å². The number of sulfonamides is 1. The summed E-state index contributed by atoms with van der Waals surface area (Å²) in [6, 6.07) is 23.1. The average Bonchev–Trinajstić information content (AvgIpc) is 2.80. The van der Waals surface area contributed by atoms with Crippen LogP contribution in [0.25, 0.3) is 0 Å². The van der Waals surface area contributed by atoms with Crippen LogP contribution in [0.3, 0.4) is 0 Å². The highest BCUT2D eigenvalue weighted by atomic mass is 35.5. The van der Waals surface area contributed by atoms with Gasteiger partial charge in [-0.3, -0.25) is 9.10 Å². The first-order valence-electron chi connectivity index (χ1n) is 10.2. The lowest BCUT2D eigenvalue weighted by Crippen LogP contribution is -2.41. The van der Waals surface area contributed by atoms with Crippen LogP contribution in [0.15, 0.2) is 88.7 Å². The van der Waals surface area contributed by atoms with E-state index in [0.29, 0.717) is 22.8 Å². The number of thioether (sulfide) groups is 1. The number of carbonyl (C=O) groups is 1. The Balaban J connectivity index is 1.69. The molecule has 3 aromatic carbocycles. The first kappa shape index (κ1) is 24.2. The highest BCUT2D eigenvalue weighted by Gasteiger charge is 2.28. The Kier molecular flexibility index (Phi) is 8.61. The summed E-state index contributed by atoms with van der Waals surface area (Å²) in [5.41, 5.74) is 1.09. The third kappa shape index (κ3) is 6.51. The summed E-state index contributed by atoms with van der Waals surface area (Å²) < 4.78 is 27.9. The Morgan fingerprint density at radius 3 is 2.34 bits per heavy atom. The predicted octanol–water partition coefficient (Wildman–Crippen LogP) is 5.14. The predicted molar refractivity (Wildman–Crippen MR) is 132 cm³/mol. The Labute approximate surface area is 198 Å². The van der Waals surface area contributed by atoms with E-state index in [9.17, 15) is 13.2 Å². The average molecular weight is 489 g/mol. The molecular weight excluding hydrogens is 464 g/mol. The van der Waals surface area contributed by atoms with Crippen molar-refractivity contribution >= 4 is 45.0 Å². The summed E-state index contributed by atoms with van der Waals surface area (Å²) in [6.07, 6.45) is 0.771. The molecule has 5 nitrogen and oxygen atoms in total. The molecule has 168 valence electrons. The molecule has 0 fully saturated rings. The van der Waals surface area contributed by atoms with Crippen LogP contribution < -0.4 is 9.62 Å². The fourth-order valence-electron chi connectivity index (χ4n) is 3.06. The molecule has 0 aromatic heterocycles. The third-order valence-corrected chi connectivity index (χ3v) is 7.82. The second kappa shape index (κ2) is 11.4. The van der Waals surface area contributed by atoms with Crippen molar-refractivity contribution in [1.82, 2.24) is 5.32 Å². The zero-order valence-corrected chi connectivity index (χ0v) is 20.1. The van der Waals surface area contributed by atoms with Crippen molar-refractivity contribution < 1.29 is 13.2 Å². The molecule has 0 saturated heterocycles. The molecule has 0 radical (unpaired) electrons. The maximum Gasteiger partial charge on any atom is 0.264 e. The molecule has 0 saturated carbocycles. The Hall–Kier alpha value is -2.48. The number of halogens is 1. The van der Waals surface area contributed by atoms with Gasteiger partial charge in [-0.15, -0.1) is 11.8 Å². The number of benzene rings is 3. The highest BCUT2D eigenvalue weighted by molar-refractivity contribution is 7.99. The monoisotopic (exact) mass is 488 g/mol. The fourth-order valence-corrected chi connectivity index (χ4v) is 5.60. The van der Waals surface area contributed by atoms with Gasteiger partial charge in [0, 0.05) is 16.5 Å². The zero-order chi connectivity index (χ0) is 23.0. The number of aryl methyl sites for hydroxylation is 1. The largest absolute Gasteiger partial charge is 0.354 e. The van der Waals surface area contributed by atoms with Crippen LogP contribution in [0.4, 0.5) is 5.69 Å². The van der Waals surface area contributed by atoms with Gasteiger partial charge in [0.25, 0.3) is 10.0 Å². The van der Waals surface area contributed by atoms with E-state index in [4.69, 9.17) is 11.6 Å². The van der Waals surface area contributed by atoms with E-state index in [2.05, 4.69) is 5.32 Å². The van der Waals surface area contributed by atoms with Crippen LogP contribution in [0, 0.1) is 6.92 Å². The molecule has 0 heterocycles. The zero-order valence-electron chi connectivity index (χ0n) is 17.7. The van der Waals surface area contributed by atoms with E-state index >= 15 is 0 Å². The molecule has 0 spiro atoms. The van der Waals surface area contributed by atoms with Crippen molar-refractivity contribution in [2.75, 3.05) is 23.1 Å². The number of hydrogen-bond donors (Lipinski definition) is 1. The number of carbonyl (C=O) groups excluding carboxylic acids is 1. The maximum absolute atomic E-state index is 13.4. The molecule has 0 bridgehead atoms. The number of amides is 1. The number of nitrogens with one attached hydrogen (secondary N) is 1. The van der Waals surface area contributed by atoms with Gasteiger partial charge in [0.2, 0.25) is 5.91 Å². The summed E-state index contributed by atoms with van der Waals surface area (Å²) >= 11 is 7.85. The number of rotatable bonds is 10. The normalized spacial score (nSPS) is 11.2. The van der Waals surface area contributed by atoms with Crippen molar-refractivity contribution in [2.45, 2.75) is 23.1 Å². The van der Waals surface area contributed by atoms with Gasteiger partial charge in [0.1, 0.15) is 6.54 Å². The van der Waals surface area contributed by atoms with E-state index in [-0.39, 0.29) is 17.3 Å². The number of anilines is 1. The summed E-state index contributed by atoms with van der Waals surface area (Å²) in [4.78, 5) is 14.0. The van der Waals surface area contributed by atoms with E-state index < -0.39 is 10.0 Å². The molecule has 0 aliphatic heterocycles. The van der Waals surface area contributed by atoms with Crippen LogP contribution in [0.1, 0.15) is 12.0 Å². The Bertz CT molecular complexity index is 1140. The molecule has 1 amide bonds. The summed E-state index contributed by atoms with van der Waals surface area (Å²) in [7, 11) is -3.95. The van der Waals surface area contributed by atoms with Crippen LogP contribution in [0.5, 0.6) is 0 Å². The van der Waals surface area contributed by atoms with Crippen LogP contribution in [-0.2, 0) is 14.8 Å². The first-order chi connectivity index (χ1) is 15.4. The molecule has 0 aliphatic carbocycles. The first-order valence-corrected chi connectivity index (χ1v) is 13.0. The molecule has 0 unspecified atom stereocenters. The van der Waals surface area contributed by atoms with Crippen LogP contribution in [-0.4, -0.2) is 33.2 Å². The molecule has 3 aromatic rings. The second-order valence-electron chi connectivity index (χ2n) is 7.12. The van der Waals surface area contributed by atoms with Gasteiger partial charge in [0.15, 0.2) is 0 Å².